The molecule has 1 heterocycles. The van der Waals surface area contributed by atoms with Gasteiger partial charge in [0.1, 0.15) is 11.5 Å². The average Bonchev–Trinajstić information content (AvgIpc) is 3.03. The molecule has 0 aliphatic heterocycles. The number of imidazole rings is 1. The maximum Gasteiger partial charge on any atom is 0.169 e. The summed E-state index contributed by atoms with van der Waals surface area (Å²) in [6.45, 7) is 4.06. The lowest BCUT2D eigenvalue weighted by Gasteiger charge is -2.14. The molecule has 3 rings (SSSR count). The Labute approximate surface area is 157 Å². The highest BCUT2D eigenvalue weighted by Gasteiger charge is 2.18. The first kappa shape index (κ1) is 18.3. The third-order valence-electron chi connectivity index (χ3n) is 4.16. The molecule has 1 atom stereocenters. The number of benzene rings is 2. The Morgan fingerprint density at radius 2 is 1.96 bits per heavy atom. The van der Waals surface area contributed by atoms with Crippen LogP contribution in [0.4, 0.5) is 0 Å². The van der Waals surface area contributed by atoms with Crippen molar-refractivity contribution >= 4 is 28.6 Å². The molecule has 0 fully saturated rings. The number of ether oxygens (including phenoxy) is 2. The minimum Gasteiger partial charge on any atom is -0.497 e. The molecule has 1 aromatic heterocycles. The number of rotatable bonds is 8. The van der Waals surface area contributed by atoms with E-state index >= 15 is 0 Å². The number of carbonyl (C=O) groups is 1. The number of methoxy groups -OCH3 is 1. The summed E-state index contributed by atoms with van der Waals surface area (Å²) in [5, 5.41) is 0.836. The zero-order chi connectivity index (χ0) is 18.5. The summed E-state index contributed by atoms with van der Waals surface area (Å²) in [5.41, 5.74) is 1.88. The van der Waals surface area contributed by atoms with Gasteiger partial charge in [-0.3, -0.25) is 4.79 Å². The average molecular weight is 370 g/mol. The number of hydrogen-bond acceptors (Lipinski definition) is 5. The molecule has 0 aliphatic carbocycles. The molecule has 0 radical (unpaired) electrons. The maximum atomic E-state index is 11.9. The Morgan fingerprint density at radius 1 is 1.19 bits per heavy atom. The van der Waals surface area contributed by atoms with E-state index in [-0.39, 0.29) is 11.8 Å². The van der Waals surface area contributed by atoms with Crippen LogP contribution in [0, 0.1) is 0 Å². The lowest BCUT2D eigenvalue weighted by molar-refractivity contribution is -0.119. The molecule has 3 aromatic rings. The van der Waals surface area contributed by atoms with Crippen LogP contribution in [0.5, 0.6) is 11.5 Å². The highest BCUT2D eigenvalue weighted by molar-refractivity contribution is 7.99. The summed E-state index contributed by atoms with van der Waals surface area (Å²) in [6, 6.07) is 15.2. The van der Waals surface area contributed by atoms with Gasteiger partial charge in [0.2, 0.25) is 0 Å². The van der Waals surface area contributed by atoms with Gasteiger partial charge in [-0.2, -0.15) is 0 Å². The lowest BCUT2D eigenvalue weighted by atomic mass is 10.2. The summed E-state index contributed by atoms with van der Waals surface area (Å²) in [4.78, 5) is 16.6. The smallest absolute Gasteiger partial charge is 0.169 e. The highest BCUT2D eigenvalue weighted by atomic mass is 32.2. The Kier molecular flexibility index (Phi) is 5.83. The second-order valence-corrected chi connectivity index (χ2v) is 6.98. The molecule has 136 valence electrons. The molecular weight excluding hydrogens is 348 g/mol. The molecule has 0 unspecified atom stereocenters. The Bertz CT molecular complexity index is 907. The van der Waals surface area contributed by atoms with Gasteiger partial charge < -0.3 is 14.0 Å². The summed E-state index contributed by atoms with van der Waals surface area (Å²) in [7, 11) is 1.63. The lowest BCUT2D eigenvalue weighted by Crippen LogP contribution is -2.14. The van der Waals surface area contributed by atoms with Crippen molar-refractivity contribution in [2.24, 2.45) is 0 Å². The van der Waals surface area contributed by atoms with E-state index in [1.807, 2.05) is 60.0 Å². The molecule has 5 nitrogen and oxygen atoms in total. The summed E-state index contributed by atoms with van der Waals surface area (Å²) < 4.78 is 13.0. The Morgan fingerprint density at radius 3 is 2.73 bits per heavy atom. The zero-order valence-electron chi connectivity index (χ0n) is 15.1. The summed E-state index contributed by atoms with van der Waals surface area (Å²) >= 11 is 1.59. The number of para-hydroxylation sites is 2. The van der Waals surface area contributed by atoms with E-state index in [2.05, 4.69) is 4.98 Å². The van der Waals surface area contributed by atoms with Crippen molar-refractivity contribution in [3.63, 3.8) is 0 Å². The van der Waals surface area contributed by atoms with Crippen LogP contribution in [0.3, 0.4) is 0 Å². The third kappa shape index (κ3) is 4.02. The second kappa shape index (κ2) is 8.27. The number of carbonyl (C=O) groups excluding carboxylic acids is 1. The van der Waals surface area contributed by atoms with Crippen LogP contribution in [-0.4, -0.2) is 34.8 Å². The van der Waals surface area contributed by atoms with Crippen LogP contribution in [0.15, 0.2) is 53.7 Å². The minimum absolute atomic E-state index is 0.114. The van der Waals surface area contributed by atoms with Crippen molar-refractivity contribution in [3.8, 4) is 11.5 Å². The van der Waals surface area contributed by atoms with Crippen LogP contribution in [0.1, 0.15) is 19.9 Å². The van der Waals surface area contributed by atoms with E-state index in [1.54, 1.807) is 25.8 Å². The number of ketones is 1. The molecule has 2 aromatic carbocycles. The molecule has 0 bridgehead atoms. The fraction of sp³-hybridized carbons (Fsp3) is 0.300. The van der Waals surface area contributed by atoms with Crippen molar-refractivity contribution in [2.75, 3.05) is 19.5 Å². The van der Waals surface area contributed by atoms with E-state index in [0.717, 1.165) is 33.4 Å². The van der Waals surface area contributed by atoms with E-state index < -0.39 is 0 Å². The first-order valence-corrected chi connectivity index (χ1v) is 9.46. The van der Waals surface area contributed by atoms with Crippen molar-refractivity contribution < 1.29 is 14.3 Å². The number of nitrogens with zero attached hydrogens (tertiary/aromatic N) is 2. The fourth-order valence-corrected chi connectivity index (χ4v) is 3.57. The number of hydrogen-bond donors (Lipinski definition) is 0. The largest absolute Gasteiger partial charge is 0.497 e. The van der Waals surface area contributed by atoms with Crippen molar-refractivity contribution in [2.45, 2.75) is 25.0 Å². The van der Waals surface area contributed by atoms with E-state index in [1.165, 1.54) is 0 Å². The molecule has 0 saturated carbocycles. The predicted molar refractivity (Wildman–Crippen MR) is 104 cm³/mol. The SMILES string of the molecule is COc1cccc(OCCSc2nc3ccccc3n2[C@H](C)C(C)=O)c1. The molecule has 0 saturated heterocycles. The number of thioether (sulfide) groups is 1. The Balaban J connectivity index is 1.70. The molecule has 0 amide bonds. The second-order valence-electron chi connectivity index (χ2n) is 5.92. The van der Waals surface area contributed by atoms with Crippen LogP contribution >= 0.6 is 11.8 Å². The quantitative estimate of drug-likeness (QED) is 0.435. The first-order chi connectivity index (χ1) is 12.6. The molecular formula is C20H22N2O3S. The standard InChI is InChI=1S/C20H22N2O3S/c1-14(15(2)23)22-19-10-5-4-9-18(19)21-20(22)26-12-11-25-17-8-6-7-16(13-17)24-3/h4-10,13-14H,11-12H2,1-3H3/t14-/m1/s1. The van der Waals surface area contributed by atoms with Gasteiger partial charge in [0, 0.05) is 11.8 Å². The van der Waals surface area contributed by atoms with Gasteiger partial charge in [0.05, 0.1) is 30.8 Å². The summed E-state index contributed by atoms with van der Waals surface area (Å²) in [5.74, 6) is 2.39. The highest BCUT2D eigenvalue weighted by Crippen LogP contribution is 2.28. The summed E-state index contributed by atoms with van der Waals surface area (Å²) in [6.07, 6.45) is 0. The number of Topliss-reactive ketones (excluding diaryl/α,β-unsaturated/α-hetero) is 1. The van der Waals surface area contributed by atoms with Crippen LogP contribution in [0.2, 0.25) is 0 Å². The van der Waals surface area contributed by atoms with Gasteiger partial charge >= 0.3 is 0 Å². The fourth-order valence-electron chi connectivity index (χ4n) is 2.66. The topological polar surface area (TPSA) is 53.4 Å². The van der Waals surface area contributed by atoms with Gasteiger partial charge in [-0.05, 0) is 38.1 Å². The molecule has 6 heteroatoms. The van der Waals surface area contributed by atoms with Gasteiger partial charge in [-0.1, -0.05) is 30.0 Å². The van der Waals surface area contributed by atoms with Gasteiger partial charge in [-0.25, -0.2) is 4.98 Å². The first-order valence-electron chi connectivity index (χ1n) is 8.47. The van der Waals surface area contributed by atoms with Crippen molar-refractivity contribution in [3.05, 3.63) is 48.5 Å². The Hall–Kier alpha value is -2.47. The minimum atomic E-state index is -0.246. The number of aromatic nitrogens is 2. The molecule has 0 N–H and O–H groups in total. The van der Waals surface area contributed by atoms with Crippen LogP contribution in [0.25, 0.3) is 11.0 Å². The van der Waals surface area contributed by atoms with E-state index in [4.69, 9.17) is 9.47 Å². The normalized spacial score (nSPS) is 12.1. The van der Waals surface area contributed by atoms with Gasteiger partial charge in [0.25, 0.3) is 0 Å². The van der Waals surface area contributed by atoms with Crippen molar-refractivity contribution in [1.29, 1.82) is 0 Å². The third-order valence-corrected chi connectivity index (χ3v) is 5.08. The van der Waals surface area contributed by atoms with Crippen LogP contribution in [-0.2, 0) is 4.79 Å². The van der Waals surface area contributed by atoms with Crippen LogP contribution < -0.4 is 9.47 Å². The van der Waals surface area contributed by atoms with E-state index in [0.29, 0.717) is 6.61 Å². The molecule has 0 spiro atoms. The molecule has 0 aliphatic rings. The zero-order valence-corrected chi connectivity index (χ0v) is 16.0. The maximum absolute atomic E-state index is 11.9. The van der Waals surface area contributed by atoms with E-state index in [9.17, 15) is 4.79 Å². The van der Waals surface area contributed by atoms with Gasteiger partial charge in [0.15, 0.2) is 10.9 Å². The van der Waals surface area contributed by atoms with Gasteiger partial charge in [-0.15, -0.1) is 0 Å². The molecule has 26 heavy (non-hydrogen) atoms. The number of fused-ring (bicyclic) bond motifs is 1. The van der Waals surface area contributed by atoms with Crippen molar-refractivity contribution in [1.82, 2.24) is 9.55 Å². The monoisotopic (exact) mass is 370 g/mol. The predicted octanol–water partition coefficient (Wildman–Crippen LogP) is 4.37.